The number of carbonyl (C=O) groups excluding carboxylic acids is 1. The van der Waals surface area contributed by atoms with Crippen molar-refractivity contribution in [2.24, 2.45) is 12.5 Å². The quantitative estimate of drug-likeness (QED) is 0.399. The van der Waals surface area contributed by atoms with E-state index in [0.29, 0.717) is 12.2 Å². The molecule has 1 aliphatic rings. The second-order valence-electron chi connectivity index (χ2n) is 10.2. The van der Waals surface area contributed by atoms with Crippen LogP contribution in [0.4, 0.5) is 0 Å². The minimum absolute atomic E-state index is 0.0928. The van der Waals surface area contributed by atoms with Crippen LogP contribution in [0.25, 0.3) is 0 Å². The maximum Gasteiger partial charge on any atom is 0.314 e. The fraction of sp³-hybridized carbons (Fsp3) is 0.500. The van der Waals surface area contributed by atoms with Crippen LogP contribution < -0.4 is 4.74 Å². The number of nitrogens with zero attached hydrogens (tertiary/aromatic N) is 5. The Balaban J connectivity index is 1.62. The number of hydrogen-bond acceptors (Lipinski definition) is 8. The fourth-order valence-electron chi connectivity index (χ4n) is 4.75. The number of fused-ring (bicyclic) bond motifs is 1. The summed E-state index contributed by atoms with van der Waals surface area (Å²) in [6.07, 6.45) is 4.08. The maximum atomic E-state index is 12.8. The molecule has 3 heterocycles. The molecular weight excluding hydrogens is 470 g/mol. The summed E-state index contributed by atoms with van der Waals surface area (Å²) in [6, 6.07) is 10.2. The van der Waals surface area contributed by atoms with Gasteiger partial charge >= 0.3 is 5.97 Å². The zero-order valence-corrected chi connectivity index (χ0v) is 22.6. The van der Waals surface area contributed by atoms with E-state index >= 15 is 0 Å². The number of aryl methyl sites for hydroxylation is 2. The van der Waals surface area contributed by atoms with Gasteiger partial charge in [-0.25, -0.2) is 0 Å². The van der Waals surface area contributed by atoms with Crippen molar-refractivity contribution in [3.05, 3.63) is 70.8 Å². The van der Waals surface area contributed by atoms with Crippen molar-refractivity contribution in [2.75, 3.05) is 13.7 Å². The Hall–Kier alpha value is -3.30. The van der Waals surface area contributed by atoms with E-state index in [0.717, 1.165) is 36.5 Å². The van der Waals surface area contributed by atoms with Crippen molar-refractivity contribution < 1.29 is 19.0 Å². The van der Waals surface area contributed by atoms with Gasteiger partial charge in [0.05, 0.1) is 37.1 Å². The van der Waals surface area contributed by atoms with Crippen LogP contribution in [0.2, 0.25) is 0 Å². The molecule has 4 rings (SSSR count). The summed E-state index contributed by atoms with van der Waals surface area (Å²) in [6.45, 7) is 10.4. The number of rotatable bonds is 9. The van der Waals surface area contributed by atoms with E-state index in [-0.39, 0.29) is 18.7 Å². The molecule has 1 aliphatic heterocycles. The molecule has 0 aliphatic carbocycles. The highest BCUT2D eigenvalue weighted by molar-refractivity contribution is 5.77. The SMILES string of the molecule is CC[C@@H]1CN(Cc2cc(C(OCc3cn(C)nn3)C(C)(C)C(=O)OC)ccc2C)Cc2ncccc2O1. The molecule has 0 bridgehead atoms. The standard InChI is InChI=1S/C28H37N5O4/c1-7-23-16-33(17-24-25(37-23)9-8-12-29-24)14-21-13-20(11-10-19(21)2)26(28(3,4)27(34)35-6)36-18-22-15-32(5)31-30-22/h8-13,15,23,26H,7,14,16-18H2,1-6H3/t23-,26?/m1/s1. The number of ether oxygens (including phenoxy) is 3. The molecule has 0 fully saturated rings. The van der Waals surface area contributed by atoms with Crippen LogP contribution in [0.15, 0.2) is 42.7 Å². The zero-order valence-electron chi connectivity index (χ0n) is 22.6. The molecule has 0 spiro atoms. The Kier molecular flexibility index (Phi) is 8.24. The van der Waals surface area contributed by atoms with Gasteiger partial charge in [0.15, 0.2) is 0 Å². The summed E-state index contributed by atoms with van der Waals surface area (Å²) in [5, 5.41) is 8.11. The van der Waals surface area contributed by atoms with E-state index in [1.54, 1.807) is 10.9 Å². The topological polar surface area (TPSA) is 91.6 Å². The van der Waals surface area contributed by atoms with Gasteiger partial charge in [-0.1, -0.05) is 30.3 Å². The van der Waals surface area contributed by atoms with E-state index in [1.165, 1.54) is 18.2 Å². The summed E-state index contributed by atoms with van der Waals surface area (Å²) in [7, 11) is 3.21. The highest BCUT2D eigenvalue weighted by Gasteiger charge is 2.40. The maximum absolute atomic E-state index is 12.8. The molecule has 37 heavy (non-hydrogen) atoms. The highest BCUT2D eigenvalue weighted by atomic mass is 16.5. The van der Waals surface area contributed by atoms with Gasteiger partial charge in [0.25, 0.3) is 0 Å². The predicted molar refractivity (Wildman–Crippen MR) is 139 cm³/mol. The lowest BCUT2D eigenvalue weighted by Gasteiger charge is -2.32. The van der Waals surface area contributed by atoms with Crippen LogP contribution in [0.5, 0.6) is 5.75 Å². The predicted octanol–water partition coefficient (Wildman–Crippen LogP) is 4.15. The Labute approximate surface area is 218 Å². The average molecular weight is 508 g/mol. The van der Waals surface area contributed by atoms with E-state index in [9.17, 15) is 4.79 Å². The molecule has 2 aromatic heterocycles. The molecule has 0 saturated heterocycles. The van der Waals surface area contributed by atoms with Gasteiger partial charge in [0.2, 0.25) is 0 Å². The van der Waals surface area contributed by atoms with Crippen molar-refractivity contribution in [3.8, 4) is 5.75 Å². The van der Waals surface area contributed by atoms with Crippen molar-refractivity contribution in [1.82, 2.24) is 24.9 Å². The third-order valence-corrected chi connectivity index (χ3v) is 6.92. The van der Waals surface area contributed by atoms with Gasteiger partial charge in [0.1, 0.15) is 17.5 Å². The molecule has 2 atom stereocenters. The number of hydrogen-bond donors (Lipinski definition) is 0. The van der Waals surface area contributed by atoms with Crippen LogP contribution >= 0.6 is 0 Å². The Morgan fingerprint density at radius 1 is 1.30 bits per heavy atom. The molecule has 3 aromatic rings. The minimum Gasteiger partial charge on any atom is -0.487 e. The average Bonchev–Trinajstić information content (AvgIpc) is 3.21. The minimum atomic E-state index is -0.921. The first-order chi connectivity index (χ1) is 17.7. The molecule has 1 unspecified atom stereocenters. The summed E-state index contributed by atoms with van der Waals surface area (Å²) in [4.78, 5) is 19.7. The summed E-state index contributed by atoms with van der Waals surface area (Å²) >= 11 is 0. The van der Waals surface area contributed by atoms with E-state index in [1.807, 2.05) is 45.3 Å². The van der Waals surface area contributed by atoms with Crippen LogP contribution in [0, 0.1) is 12.3 Å². The molecule has 0 saturated carbocycles. The van der Waals surface area contributed by atoms with E-state index in [4.69, 9.17) is 14.2 Å². The molecule has 9 nitrogen and oxygen atoms in total. The normalized spacial score (nSPS) is 17.0. The van der Waals surface area contributed by atoms with Crippen molar-refractivity contribution in [2.45, 2.75) is 66.0 Å². The molecule has 9 heteroatoms. The number of benzene rings is 1. The molecule has 198 valence electrons. The number of esters is 1. The third kappa shape index (κ3) is 6.17. The first-order valence-corrected chi connectivity index (χ1v) is 12.7. The van der Waals surface area contributed by atoms with Crippen molar-refractivity contribution >= 4 is 5.97 Å². The Morgan fingerprint density at radius 2 is 2.11 bits per heavy atom. The number of aromatic nitrogens is 4. The fourth-order valence-corrected chi connectivity index (χ4v) is 4.75. The lowest BCUT2D eigenvalue weighted by Crippen LogP contribution is -2.34. The molecule has 0 N–H and O–H groups in total. The first kappa shape index (κ1) is 26.8. The van der Waals surface area contributed by atoms with Crippen LogP contribution in [0.3, 0.4) is 0 Å². The lowest BCUT2D eigenvalue weighted by atomic mass is 9.81. The molecule has 1 aromatic carbocycles. The first-order valence-electron chi connectivity index (χ1n) is 12.7. The van der Waals surface area contributed by atoms with Crippen LogP contribution in [-0.2, 0) is 41.0 Å². The molecular formula is C28H37N5O4. The smallest absolute Gasteiger partial charge is 0.314 e. The largest absolute Gasteiger partial charge is 0.487 e. The lowest BCUT2D eigenvalue weighted by molar-refractivity contribution is -0.162. The Bertz CT molecular complexity index is 1220. The number of methoxy groups -OCH3 is 1. The third-order valence-electron chi connectivity index (χ3n) is 6.92. The number of pyridine rings is 1. The molecule has 0 amide bonds. The van der Waals surface area contributed by atoms with Gasteiger partial charge in [-0.05, 0) is 56.0 Å². The second-order valence-corrected chi connectivity index (χ2v) is 10.2. The molecule has 0 radical (unpaired) electrons. The van der Waals surface area contributed by atoms with Gasteiger partial charge in [0, 0.05) is 32.9 Å². The van der Waals surface area contributed by atoms with E-state index < -0.39 is 11.5 Å². The van der Waals surface area contributed by atoms with Crippen LogP contribution in [0.1, 0.15) is 61.4 Å². The Morgan fingerprint density at radius 3 is 2.81 bits per heavy atom. The van der Waals surface area contributed by atoms with E-state index in [2.05, 4.69) is 46.2 Å². The summed E-state index contributed by atoms with van der Waals surface area (Å²) in [5.74, 6) is 0.525. The summed E-state index contributed by atoms with van der Waals surface area (Å²) in [5.41, 5.74) is 3.98. The monoisotopic (exact) mass is 507 g/mol. The van der Waals surface area contributed by atoms with Gasteiger partial charge in [-0.3, -0.25) is 19.4 Å². The van der Waals surface area contributed by atoms with Crippen molar-refractivity contribution in [3.63, 3.8) is 0 Å². The van der Waals surface area contributed by atoms with Gasteiger partial charge in [-0.2, -0.15) is 0 Å². The highest BCUT2D eigenvalue weighted by Crippen LogP contribution is 2.39. The number of carbonyl (C=O) groups is 1. The van der Waals surface area contributed by atoms with Crippen LogP contribution in [-0.4, -0.2) is 50.6 Å². The second kappa shape index (κ2) is 11.4. The zero-order chi connectivity index (χ0) is 26.6. The van der Waals surface area contributed by atoms with Crippen molar-refractivity contribution in [1.29, 1.82) is 0 Å². The summed E-state index contributed by atoms with van der Waals surface area (Å²) < 4.78 is 19.3. The van der Waals surface area contributed by atoms with Gasteiger partial charge in [-0.15, -0.1) is 5.10 Å². The van der Waals surface area contributed by atoms with Gasteiger partial charge < -0.3 is 14.2 Å².